The van der Waals surface area contributed by atoms with Gasteiger partial charge in [-0.3, -0.25) is 10.1 Å². The smallest absolute Gasteiger partial charge is 0.269 e. The van der Waals surface area contributed by atoms with Gasteiger partial charge < -0.3 is 4.98 Å². The third kappa shape index (κ3) is 2.00. The molecular formula is C9H5Cl2N3O2. The van der Waals surface area contributed by atoms with Gasteiger partial charge in [-0.2, -0.15) is 0 Å². The van der Waals surface area contributed by atoms with E-state index in [1.165, 1.54) is 12.1 Å². The number of hydrogen-bond acceptors (Lipinski definition) is 3. The number of halogens is 2. The Morgan fingerprint density at radius 3 is 2.31 bits per heavy atom. The average Bonchev–Trinajstić information content (AvgIpc) is 2.59. The highest BCUT2D eigenvalue weighted by Gasteiger charge is 2.09. The van der Waals surface area contributed by atoms with Gasteiger partial charge in [-0.1, -0.05) is 23.2 Å². The molecule has 0 saturated heterocycles. The molecule has 82 valence electrons. The first kappa shape index (κ1) is 10.9. The van der Waals surface area contributed by atoms with Gasteiger partial charge in [-0.25, -0.2) is 4.98 Å². The van der Waals surface area contributed by atoms with Gasteiger partial charge >= 0.3 is 0 Å². The summed E-state index contributed by atoms with van der Waals surface area (Å²) in [5, 5.41) is 10.9. The minimum absolute atomic E-state index is 0.0208. The molecule has 0 fully saturated rings. The molecule has 0 saturated carbocycles. The van der Waals surface area contributed by atoms with Gasteiger partial charge in [0.25, 0.3) is 5.69 Å². The molecule has 0 atom stereocenters. The predicted molar refractivity (Wildman–Crippen MR) is 60.7 cm³/mol. The third-order valence-corrected chi connectivity index (χ3v) is 2.61. The van der Waals surface area contributed by atoms with Crippen molar-refractivity contribution in [3.63, 3.8) is 0 Å². The minimum Gasteiger partial charge on any atom is -0.328 e. The number of rotatable bonds is 2. The van der Waals surface area contributed by atoms with Crippen molar-refractivity contribution >= 4 is 28.9 Å². The van der Waals surface area contributed by atoms with Crippen LogP contribution in [0.3, 0.4) is 0 Å². The van der Waals surface area contributed by atoms with Crippen molar-refractivity contribution < 1.29 is 4.92 Å². The molecule has 2 aromatic rings. The predicted octanol–water partition coefficient (Wildman–Crippen LogP) is 3.29. The van der Waals surface area contributed by atoms with E-state index in [1.807, 2.05) is 0 Å². The SMILES string of the molecule is O=[N+]([O-])c1ccc(-c2nc(Cl)c(Cl)[nH]2)cc1. The van der Waals surface area contributed by atoms with Crippen LogP contribution in [0.5, 0.6) is 0 Å². The zero-order valence-corrected chi connectivity index (χ0v) is 9.29. The standard InChI is InChI=1S/C9H5Cl2N3O2/c10-7-8(11)13-9(12-7)5-1-3-6(4-2-5)14(15)16/h1-4H,(H,12,13). The number of aromatic nitrogens is 2. The number of H-pyrrole nitrogens is 1. The van der Waals surface area contributed by atoms with E-state index in [0.717, 1.165) is 0 Å². The Kier molecular flexibility index (Phi) is 2.80. The molecule has 0 unspecified atom stereocenters. The second kappa shape index (κ2) is 4.11. The Morgan fingerprint density at radius 2 is 1.88 bits per heavy atom. The van der Waals surface area contributed by atoms with Crippen LogP contribution in [0, 0.1) is 10.1 Å². The first-order valence-electron chi connectivity index (χ1n) is 4.24. The van der Waals surface area contributed by atoms with Crippen molar-refractivity contribution in [3.05, 3.63) is 44.7 Å². The fraction of sp³-hybridized carbons (Fsp3) is 0. The Labute approximate surface area is 100 Å². The lowest BCUT2D eigenvalue weighted by atomic mass is 10.2. The van der Waals surface area contributed by atoms with Crippen LogP contribution in [0.1, 0.15) is 0 Å². The number of aromatic amines is 1. The maximum Gasteiger partial charge on any atom is 0.269 e. The topological polar surface area (TPSA) is 71.8 Å². The Hall–Kier alpha value is -1.59. The van der Waals surface area contributed by atoms with Gasteiger partial charge in [0, 0.05) is 17.7 Å². The normalized spacial score (nSPS) is 10.4. The third-order valence-electron chi connectivity index (χ3n) is 1.97. The summed E-state index contributed by atoms with van der Waals surface area (Å²) < 4.78 is 0. The van der Waals surface area contributed by atoms with Crippen LogP contribution >= 0.6 is 23.2 Å². The monoisotopic (exact) mass is 257 g/mol. The van der Waals surface area contributed by atoms with Gasteiger partial charge in [-0.15, -0.1) is 0 Å². The molecule has 1 heterocycles. The first-order valence-corrected chi connectivity index (χ1v) is 4.99. The molecular weight excluding hydrogens is 253 g/mol. The van der Waals surface area contributed by atoms with E-state index in [9.17, 15) is 10.1 Å². The van der Waals surface area contributed by atoms with Crippen LogP contribution in [0.4, 0.5) is 5.69 Å². The van der Waals surface area contributed by atoms with Crippen molar-refractivity contribution in [2.45, 2.75) is 0 Å². The number of imidazole rings is 1. The lowest BCUT2D eigenvalue weighted by molar-refractivity contribution is -0.384. The maximum absolute atomic E-state index is 10.4. The molecule has 0 amide bonds. The van der Waals surface area contributed by atoms with E-state index in [4.69, 9.17) is 23.2 Å². The lowest BCUT2D eigenvalue weighted by Gasteiger charge is -1.95. The summed E-state index contributed by atoms with van der Waals surface area (Å²) in [7, 11) is 0. The Bertz CT molecular complexity index is 517. The number of nitro benzene ring substituents is 1. The highest BCUT2D eigenvalue weighted by molar-refractivity contribution is 6.40. The Morgan fingerprint density at radius 1 is 1.25 bits per heavy atom. The van der Waals surface area contributed by atoms with Gasteiger partial charge in [0.15, 0.2) is 5.15 Å². The summed E-state index contributed by atoms with van der Waals surface area (Å²) in [6, 6.07) is 5.92. The van der Waals surface area contributed by atoms with E-state index in [2.05, 4.69) is 9.97 Å². The van der Waals surface area contributed by atoms with Crippen LogP contribution in [0.2, 0.25) is 10.3 Å². The summed E-state index contributed by atoms with van der Waals surface area (Å²) in [4.78, 5) is 16.7. The van der Waals surface area contributed by atoms with Crippen molar-refractivity contribution in [1.29, 1.82) is 0 Å². The van der Waals surface area contributed by atoms with E-state index < -0.39 is 4.92 Å². The van der Waals surface area contributed by atoms with Crippen LogP contribution in [-0.4, -0.2) is 14.9 Å². The van der Waals surface area contributed by atoms with Gasteiger partial charge in [-0.05, 0) is 12.1 Å². The first-order chi connectivity index (χ1) is 7.58. The zero-order valence-electron chi connectivity index (χ0n) is 7.78. The van der Waals surface area contributed by atoms with Crippen LogP contribution in [0.25, 0.3) is 11.4 Å². The summed E-state index contributed by atoms with van der Waals surface area (Å²) in [6.45, 7) is 0. The van der Waals surface area contributed by atoms with E-state index in [0.29, 0.717) is 11.4 Å². The molecule has 5 nitrogen and oxygen atoms in total. The molecule has 0 aliphatic rings. The number of nitrogens with zero attached hydrogens (tertiary/aromatic N) is 2. The average molecular weight is 258 g/mol. The second-order valence-electron chi connectivity index (χ2n) is 2.99. The van der Waals surface area contributed by atoms with E-state index in [-0.39, 0.29) is 16.0 Å². The molecule has 2 rings (SSSR count). The molecule has 1 N–H and O–H groups in total. The van der Waals surface area contributed by atoms with Crippen molar-refractivity contribution in [3.8, 4) is 11.4 Å². The van der Waals surface area contributed by atoms with Crippen molar-refractivity contribution in [2.24, 2.45) is 0 Å². The molecule has 0 radical (unpaired) electrons. The van der Waals surface area contributed by atoms with Crippen LogP contribution in [0.15, 0.2) is 24.3 Å². The van der Waals surface area contributed by atoms with Crippen molar-refractivity contribution in [1.82, 2.24) is 9.97 Å². The molecule has 0 aliphatic heterocycles. The molecule has 0 aliphatic carbocycles. The highest BCUT2D eigenvalue weighted by Crippen LogP contribution is 2.25. The molecule has 16 heavy (non-hydrogen) atoms. The van der Waals surface area contributed by atoms with Crippen LogP contribution < -0.4 is 0 Å². The second-order valence-corrected chi connectivity index (χ2v) is 3.73. The quantitative estimate of drug-likeness (QED) is 0.663. The molecule has 1 aromatic carbocycles. The number of non-ortho nitro benzene ring substituents is 1. The van der Waals surface area contributed by atoms with Crippen molar-refractivity contribution in [2.75, 3.05) is 0 Å². The lowest BCUT2D eigenvalue weighted by Crippen LogP contribution is -1.87. The zero-order chi connectivity index (χ0) is 11.7. The van der Waals surface area contributed by atoms with Crippen LogP contribution in [-0.2, 0) is 0 Å². The van der Waals surface area contributed by atoms with E-state index in [1.54, 1.807) is 12.1 Å². The molecule has 0 spiro atoms. The number of hydrogen-bond donors (Lipinski definition) is 1. The maximum atomic E-state index is 10.4. The fourth-order valence-corrected chi connectivity index (χ4v) is 1.47. The van der Waals surface area contributed by atoms with Gasteiger partial charge in [0.2, 0.25) is 0 Å². The summed E-state index contributed by atoms with van der Waals surface area (Å²) in [6.07, 6.45) is 0. The summed E-state index contributed by atoms with van der Waals surface area (Å²) >= 11 is 11.4. The Balaban J connectivity index is 2.38. The number of nitrogens with one attached hydrogen (secondary N) is 1. The molecule has 0 bridgehead atoms. The fourth-order valence-electron chi connectivity index (χ4n) is 1.21. The summed E-state index contributed by atoms with van der Waals surface area (Å²) in [5.74, 6) is 0.477. The number of nitro groups is 1. The van der Waals surface area contributed by atoms with Gasteiger partial charge in [0.05, 0.1) is 4.92 Å². The largest absolute Gasteiger partial charge is 0.328 e. The number of benzene rings is 1. The van der Waals surface area contributed by atoms with E-state index >= 15 is 0 Å². The summed E-state index contributed by atoms with van der Waals surface area (Å²) in [5.41, 5.74) is 0.701. The van der Waals surface area contributed by atoms with Gasteiger partial charge in [0.1, 0.15) is 11.0 Å². The molecule has 7 heteroatoms. The highest BCUT2D eigenvalue weighted by atomic mass is 35.5. The minimum atomic E-state index is -0.466. The molecule has 1 aromatic heterocycles.